The maximum Gasteiger partial charge on any atom is 0.0832 e. The van der Waals surface area contributed by atoms with Gasteiger partial charge in [-0.2, -0.15) is 0 Å². The predicted molar refractivity (Wildman–Crippen MR) is 62.5 cm³/mol. The van der Waals surface area contributed by atoms with E-state index in [1.807, 2.05) is 0 Å². The van der Waals surface area contributed by atoms with E-state index in [0.717, 1.165) is 0 Å². The number of fused-ring (bicyclic) bond motifs is 1. The first-order valence-corrected chi connectivity index (χ1v) is 6.71. The molecular formula is C13H25NO. The van der Waals surface area contributed by atoms with Crippen LogP contribution < -0.4 is 5.73 Å². The average molecular weight is 211 g/mol. The third-order valence-corrected chi connectivity index (χ3v) is 4.52. The van der Waals surface area contributed by atoms with Gasteiger partial charge in [-0.05, 0) is 24.7 Å². The van der Waals surface area contributed by atoms with Crippen molar-refractivity contribution in [2.45, 2.75) is 63.4 Å². The maximum atomic E-state index is 10.3. The Balaban J connectivity index is 1.87. The van der Waals surface area contributed by atoms with Gasteiger partial charge in [0.05, 0.1) is 5.60 Å². The summed E-state index contributed by atoms with van der Waals surface area (Å²) in [4.78, 5) is 0. The van der Waals surface area contributed by atoms with Gasteiger partial charge in [-0.25, -0.2) is 0 Å². The van der Waals surface area contributed by atoms with Crippen LogP contribution in [-0.2, 0) is 0 Å². The summed E-state index contributed by atoms with van der Waals surface area (Å²) >= 11 is 0. The van der Waals surface area contributed by atoms with E-state index >= 15 is 0 Å². The molecule has 2 fully saturated rings. The lowest BCUT2D eigenvalue weighted by Crippen LogP contribution is -2.25. The van der Waals surface area contributed by atoms with Crippen molar-refractivity contribution in [1.29, 1.82) is 0 Å². The van der Waals surface area contributed by atoms with Gasteiger partial charge >= 0.3 is 0 Å². The third kappa shape index (κ3) is 2.36. The smallest absolute Gasteiger partial charge is 0.0832 e. The van der Waals surface area contributed by atoms with Crippen LogP contribution in [0.2, 0.25) is 0 Å². The Bertz CT molecular complexity index is 189. The van der Waals surface area contributed by atoms with Gasteiger partial charge in [-0.15, -0.1) is 0 Å². The molecule has 2 heteroatoms. The molecule has 3 N–H and O–H groups in total. The van der Waals surface area contributed by atoms with Gasteiger partial charge in [0.15, 0.2) is 0 Å². The molecule has 88 valence electrons. The van der Waals surface area contributed by atoms with Crippen LogP contribution in [0.5, 0.6) is 0 Å². The molecule has 0 amide bonds. The molecule has 0 spiro atoms. The van der Waals surface area contributed by atoms with Gasteiger partial charge < -0.3 is 10.8 Å². The van der Waals surface area contributed by atoms with Crippen LogP contribution in [0.15, 0.2) is 0 Å². The second-order valence-electron chi connectivity index (χ2n) is 5.46. The first-order chi connectivity index (χ1) is 7.29. The second kappa shape index (κ2) is 4.84. The Labute approximate surface area is 93.2 Å². The molecule has 2 aliphatic carbocycles. The second-order valence-corrected chi connectivity index (χ2v) is 5.46. The zero-order valence-corrected chi connectivity index (χ0v) is 9.75. The lowest BCUT2D eigenvalue weighted by atomic mass is 10.1. The molecule has 0 aliphatic heterocycles. The van der Waals surface area contributed by atoms with Crippen LogP contribution in [0, 0.1) is 11.8 Å². The van der Waals surface area contributed by atoms with Gasteiger partial charge in [0, 0.05) is 6.54 Å². The standard InChI is InChI=1S/C13H25NO/c14-10-13(15)11-8-6-4-2-1-3-5-7-9-12(11)13/h11-12,15H,1-10,14H2. The van der Waals surface area contributed by atoms with Crippen LogP contribution >= 0.6 is 0 Å². The van der Waals surface area contributed by atoms with Crippen LogP contribution in [0.1, 0.15) is 57.8 Å². The molecule has 2 saturated carbocycles. The Morgan fingerprint density at radius 3 is 1.67 bits per heavy atom. The molecule has 0 aromatic rings. The highest BCUT2D eigenvalue weighted by atomic mass is 16.3. The minimum atomic E-state index is -0.473. The van der Waals surface area contributed by atoms with Crippen LogP contribution in [0.25, 0.3) is 0 Å². The number of rotatable bonds is 1. The lowest BCUT2D eigenvalue weighted by molar-refractivity contribution is 0.122. The Morgan fingerprint density at radius 2 is 1.27 bits per heavy atom. The molecule has 0 aromatic heterocycles. The van der Waals surface area contributed by atoms with Crippen LogP contribution in [0.3, 0.4) is 0 Å². The summed E-state index contributed by atoms with van der Waals surface area (Å²) in [6.45, 7) is 0.475. The number of hydrogen-bond donors (Lipinski definition) is 2. The summed E-state index contributed by atoms with van der Waals surface area (Å²) in [6.07, 6.45) is 11.9. The summed E-state index contributed by atoms with van der Waals surface area (Å²) in [6, 6.07) is 0. The molecule has 0 bridgehead atoms. The van der Waals surface area contributed by atoms with Crippen molar-refractivity contribution in [1.82, 2.24) is 0 Å². The van der Waals surface area contributed by atoms with E-state index in [1.165, 1.54) is 57.8 Å². The molecule has 0 saturated heterocycles. The predicted octanol–water partition coefficient (Wildman–Crippen LogP) is 2.45. The van der Waals surface area contributed by atoms with Crippen molar-refractivity contribution in [3.8, 4) is 0 Å². The largest absolute Gasteiger partial charge is 0.388 e. The molecule has 2 unspecified atom stereocenters. The van der Waals surface area contributed by atoms with Crippen molar-refractivity contribution in [3.63, 3.8) is 0 Å². The number of nitrogens with two attached hydrogens (primary N) is 1. The summed E-state index contributed by atoms with van der Waals surface area (Å²) in [5.41, 5.74) is 5.22. The number of hydrogen-bond acceptors (Lipinski definition) is 2. The highest BCUT2D eigenvalue weighted by molar-refractivity contribution is 5.12. The molecule has 15 heavy (non-hydrogen) atoms. The molecule has 2 nitrogen and oxygen atoms in total. The summed E-state index contributed by atoms with van der Waals surface area (Å²) < 4.78 is 0. The maximum absolute atomic E-state index is 10.3. The van der Waals surface area contributed by atoms with Crippen molar-refractivity contribution in [3.05, 3.63) is 0 Å². The highest BCUT2D eigenvalue weighted by Gasteiger charge is 2.61. The Kier molecular flexibility index (Phi) is 3.68. The summed E-state index contributed by atoms with van der Waals surface area (Å²) in [5, 5.41) is 10.3. The van der Waals surface area contributed by atoms with E-state index < -0.39 is 5.60 Å². The summed E-state index contributed by atoms with van der Waals surface area (Å²) in [5.74, 6) is 1.06. The van der Waals surface area contributed by atoms with Gasteiger partial charge in [0.25, 0.3) is 0 Å². The monoisotopic (exact) mass is 211 g/mol. The molecule has 2 atom stereocenters. The molecule has 0 heterocycles. The van der Waals surface area contributed by atoms with Gasteiger partial charge in [-0.3, -0.25) is 0 Å². The SMILES string of the molecule is NCC1(O)C2CCCCCCCCCC21. The van der Waals surface area contributed by atoms with Crippen molar-refractivity contribution >= 4 is 0 Å². The average Bonchev–Trinajstić information content (AvgIpc) is 2.83. The van der Waals surface area contributed by atoms with Gasteiger partial charge in [-0.1, -0.05) is 44.9 Å². The molecule has 0 aromatic carbocycles. The Hall–Kier alpha value is -0.0800. The first-order valence-electron chi connectivity index (χ1n) is 6.71. The fraction of sp³-hybridized carbons (Fsp3) is 1.00. The van der Waals surface area contributed by atoms with E-state index in [2.05, 4.69) is 0 Å². The normalized spacial score (nSPS) is 42.8. The minimum Gasteiger partial charge on any atom is -0.388 e. The fourth-order valence-corrected chi connectivity index (χ4v) is 3.41. The van der Waals surface area contributed by atoms with E-state index in [-0.39, 0.29) is 0 Å². The quantitative estimate of drug-likeness (QED) is 0.700. The van der Waals surface area contributed by atoms with E-state index in [0.29, 0.717) is 18.4 Å². The fourth-order valence-electron chi connectivity index (χ4n) is 3.41. The molecule has 2 rings (SSSR count). The zero-order valence-electron chi connectivity index (χ0n) is 9.75. The van der Waals surface area contributed by atoms with E-state index in [4.69, 9.17) is 5.73 Å². The first kappa shape index (κ1) is 11.4. The van der Waals surface area contributed by atoms with Gasteiger partial charge in [0.2, 0.25) is 0 Å². The van der Waals surface area contributed by atoms with Crippen LogP contribution in [-0.4, -0.2) is 17.3 Å². The summed E-state index contributed by atoms with van der Waals surface area (Å²) in [7, 11) is 0. The third-order valence-electron chi connectivity index (χ3n) is 4.52. The van der Waals surface area contributed by atoms with Crippen molar-refractivity contribution < 1.29 is 5.11 Å². The lowest BCUT2D eigenvalue weighted by Gasteiger charge is -2.08. The zero-order chi connectivity index (χ0) is 10.7. The molecule has 2 aliphatic rings. The van der Waals surface area contributed by atoms with Crippen molar-refractivity contribution in [2.75, 3.05) is 6.54 Å². The molecule has 0 radical (unpaired) electrons. The minimum absolute atomic E-state index is 0.473. The Morgan fingerprint density at radius 1 is 0.867 bits per heavy atom. The van der Waals surface area contributed by atoms with Crippen LogP contribution in [0.4, 0.5) is 0 Å². The topological polar surface area (TPSA) is 46.2 Å². The number of aliphatic hydroxyl groups is 1. The highest BCUT2D eigenvalue weighted by Crippen LogP contribution is 2.55. The van der Waals surface area contributed by atoms with Gasteiger partial charge in [0.1, 0.15) is 0 Å². The molecular weight excluding hydrogens is 186 g/mol. The van der Waals surface area contributed by atoms with E-state index in [9.17, 15) is 5.11 Å². The van der Waals surface area contributed by atoms with E-state index in [1.54, 1.807) is 0 Å². The van der Waals surface area contributed by atoms with Crippen molar-refractivity contribution in [2.24, 2.45) is 17.6 Å².